The Labute approximate surface area is 151 Å². The van der Waals surface area contributed by atoms with Crippen LogP contribution in [0.15, 0.2) is 0 Å². The van der Waals surface area contributed by atoms with Gasteiger partial charge in [0.2, 0.25) is 10.4 Å². The van der Waals surface area contributed by atoms with Gasteiger partial charge < -0.3 is 9.04 Å². The fourth-order valence-corrected chi connectivity index (χ4v) is 2.74. The Balaban J connectivity index is 0. The van der Waals surface area contributed by atoms with Crippen LogP contribution < -0.4 is 0 Å². The van der Waals surface area contributed by atoms with Crippen molar-refractivity contribution in [1.29, 1.82) is 0 Å². The normalized spacial score (nSPS) is 11.9. The average Bonchev–Trinajstić information content (AvgIpc) is 2.43. The minimum absolute atomic E-state index is 0.0301. The minimum atomic E-state index is -4.48. The molecule has 0 bridgehead atoms. The third kappa shape index (κ3) is 29.8. The Kier molecular flexibility index (Phi) is 17.7. The molecule has 0 rings (SSSR count). The van der Waals surface area contributed by atoms with E-state index in [9.17, 15) is 13.0 Å². The van der Waals surface area contributed by atoms with Crippen LogP contribution in [0.3, 0.4) is 0 Å². The average molecular weight is 368 g/mol. The van der Waals surface area contributed by atoms with Crippen LogP contribution in [0.4, 0.5) is 0 Å². The van der Waals surface area contributed by atoms with E-state index in [2.05, 4.69) is 39.2 Å². The monoisotopic (exact) mass is 367 g/mol. The summed E-state index contributed by atoms with van der Waals surface area (Å²) in [5, 5.41) is 0. The highest BCUT2D eigenvalue weighted by Crippen LogP contribution is 2.10. The highest BCUT2D eigenvalue weighted by atomic mass is 32.3. The van der Waals surface area contributed by atoms with E-state index in [1.165, 1.54) is 57.9 Å². The van der Waals surface area contributed by atoms with Gasteiger partial charge in [0.1, 0.15) is 0 Å². The maximum absolute atomic E-state index is 10.1. The molecule has 0 heterocycles. The highest BCUT2D eigenvalue weighted by molar-refractivity contribution is 7.80. The molecule has 0 spiro atoms. The summed E-state index contributed by atoms with van der Waals surface area (Å²) in [6.07, 6.45) is 13.0. The van der Waals surface area contributed by atoms with E-state index < -0.39 is 10.4 Å². The highest BCUT2D eigenvalue weighted by Gasteiger charge is 2.01. The third-order valence-electron chi connectivity index (χ3n) is 3.62. The van der Waals surface area contributed by atoms with Crippen LogP contribution in [0.25, 0.3) is 0 Å². The largest absolute Gasteiger partial charge is 0.726 e. The van der Waals surface area contributed by atoms with Gasteiger partial charge in [0.05, 0.1) is 34.3 Å². The molecule has 0 aromatic heterocycles. The molecule has 0 fully saturated rings. The Morgan fingerprint density at radius 2 is 1.17 bits per heavy atom. The molecule has 0 saturated carbocycles. The molecule has 24 heavy (non-hydrogen) atoms. The number of quaternary nitrogens is 1. The van der Waals surface area contributed by atoms with Crippen LogP contribution in [0.1, 0.15) is 84.5 Å². The predicted molar refractivity (Wildman–Crippen MR) is 101 cm³/mol. The molecule has 0 aliphatic carbocycles. The van der Waals surface area contributed by atoms with Crippen molar-refractivity contribution in [1.82, 2.24) is 0 Å². The van der Waals surface area contributed by atoms with Crippen molar-refractivity contribution >= 4 is 10.4 Å². The predicted octanol–water partition coefficient (Wildman–Crippen LogP) is 4.49. The van der Waals surface area contributed by atoms with Crippen LogP contribution in [0, 0.1) is 0 Å². The topological polar surface area (TPSA) is 66.4 Å². The first-order chi connectivity index (χ1) is 11.1. The van der Waals surface area contributed by atoms with Gasteiger partial charge >= 0.3 is 0 Å². The second-order valence-corrected chi connectivity index (χ2v) is 8.48. The van der Waals surface area contributed by atoms with E-state index >= 15 is 0 Å². The van der Waals surface area contributed by atoms with Crippen molar-refractivity contribution < 1.29 is 21.6 Å². The second kappa shape index (κ2) is 16.3. The SMILES string of the molecule is CCCCCCCCCCCCOS(=O)(=O)[O-].CCC[N+](C)(C)C. The van der Waals surface area contributed by atoms with E-state index in [-0.39, 0.29) is 6.61 Å². The molecule has 0 amide bonds. The molecule has 0 aromatic rings. The van der Waals surface area contributed by atoms with Gasteiger partial charge in [-0.1, -0.05) is 71.6 Å². The van der Waals surface area contributed by atoms with Gasteiger partial charge in [-0.3, -0.25) is 4.18 Å². The maximum atomic E-state index is 10.1. The van der Waals surface area contributed by atoms with Crippen molar-refractivity contribution in [2.45, 2.75) is 84.5 Å². The van der Waals surface area contributed by atoms with Crippen LogP contribution >= 0.6 is 0 Å². The zero-order valence-corrected chi connectivity index (χ0v) is 17.5. The lowest BCUT2D eigenvalue weighted by atomic mass is 10.1. The summed E-state index contributed by atoms with van der Waals surface area (Å²) in [5.41, 5.74) is 0. The van der Waals surface area contributed by atoms with E-state index in [0.717, 1.165) is 17.3 Å². The van der Waals surface area contributed by atoms with Crippen LogP contribution in [0.5, 0.6) is 0 Å². The van der Waals surface area contributed by atoms with E-state index in [1.807, 2.05) is 0 Å². The molecular weight excluding hydrogens is 326 g/mol. The van der Waals surface area contributed by atoms with Gasteiger partial charge in [-0.05, 0) is 12.8 Å². The van der Waals surface area contributed by atoms with E-state index in [0.29, 0.717) is 6.42 Å². The number of nitrogens with zero attached hydrogens (tertiary/aromatic N) is 1. The van der Waals surface area contributed by atoms with Crippen LogP contribution in [0.2, 0.25) is 0 Å². The van der Waals surface area contributed by atoms with Gasteiger partial charge in [0.15, 0.2) is 0 Å². The maximum Gasteiger partial charge on any atom is 0.217 e. The molecule has 0 aliphatic heterocycles. The lowest BCUT2D eigenvalue weighted by molar-refractivity contribution is -0.870. The fourth-order valence-electron chi connectivity index (χ4n) is 2.42. The van der Waals surface area contributed by atoms with Gasteiger partial charge in [-0.25, -0.2) is 8.42 Å². The molecule has 0 atom stereocenters. The first-order valence-electron chi connectivity index (χ1n) is 9.53. The van der Waals surface area contributed by atoms with Crippen molar-refractivity contribution in [3.8, 4) is 0 Å². The van der Waals surface area contributed by atoms with Crippen LogP contribution in [-0.2, 0) is 14.6 Å². The molecule has 0 saturated heterocycles. The van der Waals surface area contributed by atoms with Crippen molar-refractivity contribution in [2.24, 2.45) is 0 Å². The number of unbranched alkanes of at least 4 members (excludes halogenated alkanes) is 9. The van der Waals surface area contributed by atoms with Crippen molar-refractivity contribution in [3.05, 3.63) is 0 Å². The van der Waals surface area contributed by atoms with Crippen molar-refractivity contribution in [3.63, 3.8) is 0 Å². The summed E-state index contributed by atoms with van der Waals surface area (Å²) >= 11 is 0. The first-order valence-corrected chi connectivity index (χ1v) is 10.9. The van der Waals surface area contributed by atoms with Gasteiger partial charge in [0, 0.05) is 0 Å². The molecule has 0 radical (unpaired) electrons. The van der Waals surface area contributed by atoms with Crippen molar-refractivity contribution in [2.75, 3.05) is 34.3 Å². The second-order valence-electron chi connectivity index (χ2n) is 7.43. The minimum Gasteiger partial charge on any atom is -0.726 e. The lowest BCUT2D eigenvalue weighted by Crippen LogP contribution is -2.34. The molecule has 0 aromatic carbocycles. The van der Waals surface area contributed by atoms with Crippen LogP contribution in [-0.4, -0.2) is 51.7 Å². The van der Waals surface area contributed by atoms with E-state index in [4.69, 9.17) is 0 Å². The molecule has 6 heteroatoms. The first kappa shape index (κ1) is 26.1. The summed E-state index contributed by atoms with van der Waals surface area (Å²) in [5.74, 6) is 0. The van der Waals surface area contributed by atoms with E-state index in [1.54, 1.807) is 0 Å². The Morgan fingerprint density at radius 1 is 0.750 bits per heavy atom. The summed E-state index contributed by atoms with van der Waals surface area (Å²) in [6.45, 7) is 5.73. The molecule has 0 unspecified atom stereocenters. The van der Waals surface area contributed by atoms with Gasteiger partial charge in [-0.15, -0.1) is 0 Å². The number of rotatable bonds is 14. The summed E-state index contributed by atoms with van der Waals surface area (Å²) in [4.78, 5) is 0. The molecule has 148 valence electrons. The van der Waals surface area contributed by atoms with Gasteiger partial charge in [0.25, 0.3) is 0 Å². The smallest absolute Gasteiger partial charge is 0.217 e. The molecule has 0 N–H and O–H groups in total. The summed E-state index contributed by atoms with van der Waals surface area (Å²) < 4.78 is 35.6. The third-order valence-corrected chi connectivity index (χ3v) is 4.08. The lowest BCUT2D eigenvalue weighted by Gasteiger charge is -2.22. The molecule has 0 aliphatic rings. The standard InChI is InChI=1S/C12H26O4S.C6H16N/c1-2-3-4-5-6-7-8-9-10-11-12-16-17(13,14)15;1-5-6-7(2,3)4/h2-12H2,1H3,(H,13,14,15);5-6H2,1-4H3/q;+1/p-1. The Morgan fingerprint density at radius 3 is 1.46 bits per heavy atom. The molecule has 5 nitrogen and oxygen atoms in total. The molecular formula is C18H41NO4S. The number of hydrogen-bond donors (Lipinski definition) is 0. The number of hydrogen-bond acceptors (Lipinski definition) is 4. The Bertz CT molecular complexity index is 351. The zero-order chi connectivity index (χ0) is 18.9. The summed E-state index contributed by atoms with van der Waals surface area (Å²) in [7, 11) is 2.15. The van der Waals surface area contributed by atoms with Gasteiger partial charge in [-0.2, -0.15) is 0 Å². The zero-order valence-electron chi connectivity index (χ0n) is 16.7. The fraction of sp³-hybridized carbons (Fsp3) is 1.00. The summed E-state index contributed by atoms with van der Waals surface area (Å²) in [6, 6.07) is 0. The quantitative estimate of drug-likeness (QED) is 0.196. The Hall–Kier alpha value is -0.170.